The van der Waals surface area contributed by atoms with Crippen LogP contribution < -0.4 is 0 Å². The van der Waals surface area contributed by atoms with Gasteiger partial charge in [0.2, 0.25) is 0 Å². The number of ether oxygens (including phenoxy) is 3. The lowest BCUT2D eigenvalue weighted by molar-refractivity contribution is -0.149. The van der Waals surface area contributed by atoms with Crippen molar-refractivity contribution in [3.63, 3.8) is 0 Å². The smallest absolute Gasteiger partial charge is 0.306 e. The summed E-state index contributed by atoms with van der Waals surface area (Å²) in [5.74, 6) is 0.825. The van der Waals surface area contributed by atoms with E-state index in [1.54, 1.807) is 7.11 Å². The molecule has 2 atom stereocenters. The van der Waals surface area contributed by atoms with Crippen LogP contribution in [0.25, 0.3) is 0 Å². The molecule has 0 aliphatic carbocycles. The summed E-state index contributed by atoms with van der Waals surface area (Å²) in [6.07, 6.45) is 9.60. The van der Waals surface area contributed by atoms with Gasteiger partial charge >= 0.3 is 11.9 Å². The topological polar surface area (TPSA) is 61.8 Å². The summed E-state index contributed by atoms with van der Waals surface area (Å²) in [7, 11) is 1.73. The van der Waals surface area contributed by atoms with Crippen LogP contribution in [-0.4, -0.2) is 38.4 Å². The summed E-state index contributed by atoms with van der Waals surface area (Å²) in [5, 5.41) is 0. The van der Waals surface area contributed by atoms with Gasteiger partial charge in [0.1, 0.15) is 0 Å². The van der Waals surface area contributed by atoms with Crippen LogP contribution in [0.15, 0.2) is 0 Å². The molecule has 0 fully saturated rings. The maximum Gasteiger partial charge on any atom is 0.306 e. The summed E-state index contributed by atoms with van der Waals surface area (Å²) in [5.41, 5.74) is 0. The van der Waals surface area contributed by atoms with Gasteiger partial charge in [-0.3, -0.25) is 9.59 Å². The Balaban J connectivity index is 3.74. The first kappa shape index (κ1) is 26.9. The van der Waals surface area contributed by atoms with Crippen LogP contribution in [0.3, 0.4) is 0 Å². The second kappa shape index (κ2) is 18.0. The number of unbranched alkanes of at least 4 members (excludes halogenated alkanes) is 3. The number of carbonyl (C=O) groups is 2. The second-order valence-corrected chi connectivity index (χ2v) is 8.29. The van der Waals surface area contributed by atoms with Crippen molar-refractivity contribution in [3.8, 4) is 0 Å². The molecule has 0 aromatic heterocycles. The molecular formula is C23H44O5. The van der Waals surface area contributed by atoms with Gasteiger partial charge in [-0.15, -0.1) is 0 Å². The SMILES string of the molecule is CCCCC(CCOC)CCOC(=O)CCCCCC(=O)OC(C)CC(C)C. The minimum absolute atomic E-state index is 0.0208. The van der Waals surface area contributed by atoms with E-state index < -0.39 is 0 Å². The van der Waals surface area contributed by atoms with Crippen molar-refractivity contribution in [2.45, 2.75) is 104 Å². The number of rotatable bonds is 18. The highest BCUT2D eigenvalue weighted by Gasteiger charge is 2.12. The van der Waals surface area contributed by atoms with E-state index in [-0.39, 0.29) is 18.0 Å². The van der Waals surface area contributed by atoms with E-state index in [2.05, 4.69) is 20.8 Å². The lowest BCUT2D eigenvalue weighted by Crippen LogP contribution is -2.16. The quantitative estimate of drug-likeness (QED) is 0.218. The number of hydrogen-bond donors (Lipinski definition) is 0. The molecule has 0 aromatic carbocycles. The highest BCUT2D eigenvalue weighted by molar-refractivity contribution is 5.70. The molecule has 0 spiro atoms. The maximum absolute atomic E-state index is 11.9. The van der Waals surface area contributed by atoms with Gasteiger partial charge in [-0.25, -0.2) is 0 Å². The minimum Gasteiger partial charge on any atom is -0.466 e. The molecule has 0 aliphatic rings. The van der Waals surface area contributed by atoms with Gasteiger partial charge < -0.3 is 14.2 Å². The Kier molecular flexibility index (Phi) is 17.3. The van der Waals surface area contributed by atoms with Crippen molar-refractivity contribution in [3.05, 3.63) is 0 Å². The normalized spacial score (nSPS) is 13.4. The Morgan fingerprint density at radius 3 is 2.07 bits per heavy atom. The number of hydrogen-bond acceptors (Lipinski definition) is 5. The molecule has 28 heavy (non-hydrogen) atoms. The lowest BCUT2D eigenvalue weighted by Gasteiger charge is -2.16. The Labute approximate surface area is 172 Å². The van der Waals surface area contributed by atoms with Gasteiger partial charge in [0.25, 0.3) is 0 Å². The zero-order valence-electron chi connectivity index (χ0n) is 19.0. The maximum atomic E-state index is 11.9. The zero-order chi connectivity index (χ0) is 21.2. The van der Waals surface area contributed by atoms with Crippen LogP contribution in [0.5, 0.6) is 0 Å². The van der Waals surface area contributed by atoms with Crippen molar-refractivity contribution in [2.75, 3.05) is 20.3 Å². The van der Waals surface area contributed by atoms with E-state index in [1.807, 2.05) is 6.92 Å². The van der Waals surface area contributed by atoms with E-state index in [9.17, 15) is 9.59 Å². The molecule has 0 aliphatic heterocycles. The molecule has 0 saturated carbocycles. The molecule has 166 valence electrons. The monoisotopic (exact) mass is 400 g/mol. The Morgan fingerprint density at radius 1 is 0.821 bits per heavy atom. The number of esters is 2. The first-order chi connectivity index (χ1) is 13.4. The molecule has 0 amide bonds. The predicted molar refractivity (Wildman–Crippen MR) is 113 cm³/mol. The van der Waals surface area contributed by atoms with Crippen molar-refractivity contribution in [1.82, 2.24) is 0 Å². The molecule has 5 heteroatoms. The number of carbonyl (C=O) groups excluding carboxylic acids is 2. The van der Waals surface area contributed by atoms with Gasteiger partial charge in [-0.1, -0.05) is 46.5 Å². The molecular weight excluding hydrogens is 356 g/mol. The fraction of sp³-hybridized carbons (Fsp3) is 0.913. The minimum atomic E-state index is -0.134. The summed E-state index contributed by atoms with van der Waals surface area (Å²) in [6.45, 7) is 9.64. The second-order valence-electron chi connectivity index (χ2n) is 8.29. The third-order valence-electron chi connectivity index (χ3n) is 4.88. The average Bonchev–Trinajstić information content (AvgIpc) is 2.62. The molecule has 0 aromatic rings. The van der Waals surface area contributed by atoms with Crippen molar-refractivity contribution in [2.24, 2.45) is 11.8 Å². The lowest BCUT2D eigenvalue weighted by atomic mass is 9.96. The fourth-order valence-corrected chi connectivity index (χ4v) is 3.33. The molecule has 0 radical (unpaired) electrons. The van der Waals surface area contributed by atoms with E-state index in [4.69, 9.17) is 14.2 Å². The van der Waals surface area contributed by atoms with Crippen LogP contribution in [0.1, 0.15) is 98.3 Å². The number of methoxy groups -OCH3 is 1. The summed E-state index contributed by atoms with van der Waals surface area (Å²) in [4.78, 5) is 23.6. The van der Waals surface area contributed by atoms with Crippen molar-refractivity contribution < 1.29 is 23.8 Å². The molecule has 2 unspecified atom stereocenters. The summed E-state index contributed by atoms with van der Waals surface area (Å²) < 4.78 is 15.9. The standard InChI is InChI=1S/C23H44O5/c1-6-7-11-21(14-16-26-5)15-17-27-22(24)12-9-8-10-13-23(25)28-20(4)18-19(2)3/h19-21H,6-18H2,1-5H3. The molecule has 0 bridgehead atoms. The van der Waals surface area contributed by atoms with Gasteiger partial charge in [-0.05, 0) is 50.9 Å². The summed E-state index contributed by atoms with van der Waals surface area (Å²) in [6, 6.07) is 0. The summed E-state index contributed by atoms with van der Waals surface area (Å²) >= 11 is 0. The van der Waals surface area contributed by atoms with Gasteiger partial charge in [0, 0.05) is 26.6 Å². The van der Waals surface area contributed by atoms with Crippen LogP contribution in [0.2, 0.25) is 0 Å². The van der Waals surface area contributed by atoms with Gasteiger partial charge in [-0.2, -0.15) is 0 Å². The predicted octanol–water partition coefficient (Wildman–Crippen LogP) is 5.69. The Morgan fingerprint density at radius 2 is 1.46 bits per heavy atom. The van der Waals surface area contributed by atoms with Crippen molar-refractivity contribution >= 4 is 11.9 Å². The molecule has 0 heterocycles. The third kappa shape index (κ3) is 17.0. The Hall–Kier alpha value is -1.10. The van der Waals surface area contributed by atoms with Crippen LogP contribution >= 0.6 is 0 Å². The highest BCUT2D eigenvalue weighted by Crippen LogP contribution is 2.17. The first-order valence-electron chi connectivity index (χ1n) is 11.2. The van der Waals surface area contributed by atoms with E-state index in [1.165, 1.54) is 19.3 Å². The van der Waals surface area contributed by atoms with E-state index in [0.717, 1.165) is 45.1 Å². The van der Waals surface area contributed by atoms with E-state index in [0.29, 0.717) is 31.3 Å². The molecule has 0 saturated heterocycles. The Bertz CT molecular complexity index is 386. The van der Waals surface area contributed by atoms with Gasteiger partial charge in [0.15, 0.2) is 0 Å². The third-order valence-corrected chi connectivity index (χ3v) is 4.88. The van der Waals surface area contributed by atoms with Crippen LogP contribution in [-0.2, 0) is 23.8 Å². The largest absolute Gasteiger partial charge is 0.466 e. The highest BCUT2D eigenvalue weighted by atomic mass is 16.5. The fourth-order valence-electron chi connectivity index (χ4n) is 3.33. The van der Waals surface area contributed by atoms with Crippen LogP contribution in [0.4, 0.5) is 0 Å². The zero-order valence-corrected chi connectivity index (χ0v) is 19.0. The van der Waals surface area contributed by atoms with E-state index >= 15 is 0 Å². The molecule has 5 nitrogen and oxygen atoms in total. The van der Waals surface area contributed by atoms with Crippen molar-refractivity contribution in [1.29, 1.82) is 0 Å². The molecule has 0 N–H and O–H groups in total. The van der Waals surface area contributed by atoms with Gasteiger partial charge in [0.05, 0.1) is 12.7 Å². The van der Waals surface area contributed by atoms with Crippen LogP contribution in [0, 0.1) is 11.8 Å². The molecule has 0 rings (SSSR count). The average molecular weight is 401 g/mol. The first-order valence-corrected chi connectivity index (χ1v) is 11.2.